The van der Waals surface area contributed by atoms with Crippen molar-refractivity contribution in [3.63, 3.8) is 0 Å². The molecular weight excluding hydrogens is 226 g/mol. The molecule has 0 saturated carbocycles. The highest BCUT2D eigenvalue weighted by molar-refractivity contribution is 5.87. The summed E-state index contributed by atoms with van der Waals surface area (Å²) in [4.78, 5) is 11.2. The molecule has 0 aromatic carbocycles. The highest BCUT2D eigenvalue weighted by atomic mass is 15.3. The van der Waals surface area contributed by atoms with E-state index in [-0.39, 0.29) is 0 Å². The van der Waals surface area contributed by atoms with Gasteiger partial charge in [0.15, 0.2) is 5.82 Å². The maximum Gasteiger partial charge on any atom is 0.158 e. The molecule has 1 aliphatic heterocycles. The van der Waals surface area contributed by atoms with Crippen LogP contribution < -0.4 is 4.90 Å². The zero-order valence-corrected chi connectivity index (χ0v) is 11.2. The number of nitrogens with zero attached hydrogens (tertiary/aromatic N) is 5. The van der Waals surface area contributed by atoms with Crippen LogP contribution in [0.25, 0.3) is 11.0 Å². The first-order valence-electron chi connectivity index (χ1n) is 6.56. The molecule has 0 amide bonds. The molecule has 0 N–H and O–H groups in total. The number of aryl methyl sites for hydroxylation is 2. The Balaban J connectivity index is 2.11. The molecular formula is C13H19N5. The fourth-order valence-corrected chi connectivity index (χ4v) is 2.87. The van der Waals surface area contributed by atoms with Crippen LogP contribution in [-0.4, -0.2) is 32.8 Å². The van der Waals surface area contributed by atoms with E-state index < -0.39 is 0 Å². The number of anilines is 1. The Labute approximate surface area is 107 Å². The number of fused-ring (bicyclic) bond motifs is 1. The van der Waals surface area contributed by atoms with Crippen LogP contribution in [0.1, 0.15) is 25.5 Å². The van der Waals surface area contributed by atoms with Crippen molar-refractivity contribution in [1.29, 1.82) is 0 Å². The van der Waals surface area contributed by atoms with E-state index >= 15 is 0 Å². The van der Waals surface area contributed by atoms with Crippen LogP contribution in [0.2, 0.25) is 0 Å². The van der Waals surface area contributed by atoms with E-state index in [2.05, 4.69) is 26.9 Å². The van der Waals surface area contributed by atoms with E-state index in [1.165, 1.54) is 12.8 Å². The molecule has 0 bridgehead atoms. The maximum absolute atomic E-state index is 4.49. The van der Waals surface area contributed by atoms with Crippen molar-refractivity contribution in [2.45, 2.75) is 26.7 Å². The van der Waals surface area contributed by atoms with E-state index in [0.29, 0.717) is 0 Å². The Bertz CT molecular complexity index is 574. The third-order valence-corrected chi connectivity index (χ3v) is 3.73. The molecule has 2 aromatic heterocycles. The van der Waals surface area contributed by atoms with Crippen LogP contribution in [0.5, 0.6) is 0 Å². The largest absolute Gasteiger partial charge is 0.354 e. The summed E-state index contributed by atoms with van der Waals surface area (Å²) in [5.74, 6) is 1.77. The van der Waals surface area contributed by atoms with Crippen molar-refractivity contribution in [3.8, 4) is 0 Å². The minimum atomic E-state index is 0.734. The molecule has 1 aliphatic rings. The minimum Gasteiger partial charge on any atom is -0.354 e. The van der Waals surface area contributed by atoms with Gasteiger partial charge in [0.25, 0.3) is 0 Å². The standard InChI is InChI=1S/C13H19N5/c1-9-5-4-6-18(7-9)13-12-11(14-8-15-13)10(2)16-17(12)3/h8-9H,4-7H2,1-3H3/t9-/m0/s1. The smallest absolute Gasteiger partial charge is 0.158 e. The Kier molecular flexibility index (Phi) is 2.69. The second-order valence-corrected chi connectivity index (χ2v) is 5.30. The Morgan fingerprint density at radius 3 is 2.94 bits per heavy atom. The van der Waals surface area contributed by atoms with Crippen LogP contribution in [0.15, 0.2) is 6.33 Å². The quantitative estimate of drug-likeness (QED) is 0.770. The average molecular weight is 245 g/mol. The Morgan fingerprint density at radius 1 is 1.33 bits per heavy atom. The van der Waals surface area contributed by atoms with E-state index in [1.54, 1.807) is 6.33 Å². The fraction of sp³-hybridized carbons (Fsp3) is 0.615. The number of hydrogen-bond donors (Lipinski definition) is 0. The molecule has 96 valence electrons. The van der Waals surface area contributed by atoms with Crippen molar-refractivity contribution >= 4 is 16.9 Å². The van der Waals surface area contributed by atoms with Gasteiger partial charge in [0.2, 0.25) is 0 Å². The van der Waals surface area contributed by atoms with Crippen molar-refractivity contribution in [2.24, 2.45) is 13.0 Å². The zero-order chi connectivity index (χ0) is 12.7. The summed E-state index contributed by atoms with van der Waals surface area (Å²) in [6.07, 6.45) is 4.21. The number of rotatable bonds is 1. The maximum atomic E-state index is 4.49. The van der Waals surface area contributed by atoms with Crippen LogP contribution in [-0.2, 0) is 7.05 Å². The Hall–Kier alpha value is -1.65. The lowest BCUT2D eigenvalue weighted by atomic mass is 10.0. The van der Waals surface area contributed by atoms with E-state index in [4.69, 9.17) is 0 Å². The van der Waals surface area contributed by atoms with Gasteiger partial charge in [0.1, 0.15) is 17.4 Å². The third kappa shape index (κ3) is 1.74. The summed E-state index contributed by atoms with van der Waals surface area (Å²) in [7, 11) is 1.97. The SMILES string of the molecule is Cc1nn(C)c2c(N3CCC[C@H](C)C3)ncnc12. The Morgan fingerprint density at radius 2 is 2.17 bits per heavy atom. The normalized spacial score (nSPS) is 20.6. The molecule has 3 heterocycles. The molecule has 2 aromatic rings. The number of aromatic nitrogens is 4. The zero-order valence-electron chi connectivity index (χ0n) is 11.2. The van der Waals surface area contributed by atoms with Gasteiger partial charge in [-0.1, -0.05) is 6.92 Å². The molecule has 1 atom stereocenters. The first-order chi connectivity index (χ1) is 8.66. The second kappa shape index (κ2) is 4.23. The van der Waals surface area contributed by atoms with E-state index in [1.807, 2.05) is 18.7 Å². The van der Waals surface area contributed by atoms with Gasteiger partial charge < -0.3 is 4.90 Å². The summed E-state index contributed by atoms with van der Waals surface area (Å²) in [5, 5.41) is 4.45. The molecule has 1 saturated heterocycles. The molecule has 18 heavy (non-hydrogen) atoms. The molecule has 0 aliphatic carbocycles. The lowest BCUT2D eigenvalue weighted by molar-refractivity contribution is 0.445. The average Bonchev–Trinajstić information content (AvgIpc) is 2.65. The van der Waals surface area contributed by atoms with Crippen molar-refractivity contribution in [1.82, 2.24) is 19.7 Å². The predicted octanol–water partition coefficient (Wildman–Crippen LogP) is 1.91. The summed E-state index contributed by atoms with van der Waals surface area (Å²) < 4.78 is 1.90. The predicted molar refractivity (Wildman–Crippen MR) is 71.7 cm³/mol. The van der Waals surface area contributed by atoms with Crippen LogP contribution >= 0.6 is 0 Å². The van der Waals surface area contributed by atoms with Crippen LogP contribution in [0, 0.1) is 12.8 Å². The third-order valence-electron chi connectivity index (χ3n) is 3.73. The first kappa shape index (κ1) is 11.4. The summed E-state index contributed by atoms with van der Waals surface area (Å²) in [6, 6.07) is 0. The molecule has 0 unspecified atom stereocenters. The monoisotopic (exact) mass is 245 g/mol. The summed E-state index contributed by atoms with van der Waals surface area (Å²) in [6.45, 7) is 6.47. The van der Waals surface area contributed by atoms with Gasteiger partial charge in [-0.15, -0.1) is 0 Å². The van der Waals surface area contributed by atoms with Crippen LogP contribution in [0.4, 0.5) is 5.82 Å². The molecule has 0 radical (unpaired) electrons. The first-order valence-corrected chi connectivity index (χ1v) is 6.56. The highest BCUT2D eigenvalue weighted by Gasteiger charge is 2.21. The molecule has 0 spiro atoms. The fourth-order valence-electron chi connectivity index (χ4n) is 2.87. The number of piperidine rings is 1. The van der Waals surface area contributed by atoms with Gasteiger partial charge in [-0.2, -0.15) is 5.10 Å². The topological polar surface area (TPSA) is 46.8 Å². The lowest BCUT2D eigenvalue weighted by Crippen LogP contribution is -2.35. The van der Waals surface area contributed by atoms with Crippen LogP contribution in [0.3, 0.4) is 0 Å². The molecule has 1 fully saturated rings. The molecule has 3 rings (SSSR count). The van der Waals surface area contributed by atoms with Crippen molar-refractivity contribution in [3.05, 3.63) is 12.0 Å². The van der Waals surface area contributed by atoms with Gasteiger partial charge in [0, 0.05) is 20.1 Å². The van der Waals surface area contributed by atoms with Gasteiger partial charge in [-0.05, 0) is 25.7 Å². The van der Waals surface area contributed by atoms with E-state index in [9.17, 15) is 0 Å². The highest BCUT2D eigenvalue weighted by Crippen LogP contribution is 2.27. The van der Waals surface area contributed by atoms with Gasteiger partial charge in [-0.25, -0.2) is 9.97 Å². The van der Waals surface area contributed by atoms with E-state index in [0.717, 1.165) is 41.6 Å². The van der Waals surface area contributed by atoms with Gasteiger partial charge in [-0.3, -0.25) is 4.68 Å². The lowest BCUT2D eigenvalue weighted by Gasteiger charge is -2.32. The van der Waals surface area contributed by atoms with Crippen molar-refractivity contribution in [2.75, 3.05) is 18.0 Å². The summed E-state index contributed by atoms with van der Waals surface area (Å²) >= 11 is 0. The molecule has 5 heteroatoms. The minimum absolute atomic E-state index is 0.734. The van der Waals surface area contributed by atoms with Crippen molar-refractivity contribution < 1.29 is 0 Å². The summed E-state index contributed by atoms with van der Waals surface area (Å²) in [5.41, 5.74) is 3.01. The number of hydrogen-bond acceptors (Lipinski definition) is 4. The second-order valence-electron chi connectivity index (χ2n) is 5.30. The van der Waals surface area contributed by atoms with Gasteiger partial charge in [0.05, 0.1) is 5.69 Å². The molecule has 5 nitrogen and oxygen atoms in total. The van der Waals surface area contributed by atoms with Gasteiger partial charge >= 0.3 is 0 Å².